The van der Waals surface area contributed by atoms with Gasteiger partial charge in [0.15, 0.2) is 22.5 Å². The summed E-state index contributed by atoms with van der Waals surface area (Å²) in [6, 6.07) is 27.8. The van der Waals surface area contributed by atoms with Gasteiger partial charge in [-0.3, -0.25) is 0 Å². The lowest BCUT2D eigenvalue weighted by Crippen LogP contribution is -2.30. The molecule has 0 N–H and O–H groups in total. The van der Waals surface area contributed by atoms with E-state index in [9.17, 15) is 0 Å². The summed E-state index contributed by atoms with van der Waals surface area (Å²) in [7, 11) is 2.13. The monoisotopic (exact) mass is 404 g/mol. The summed E-state index contributed by atoms with van der Waals surface area (Å²) in [5, 5.41) is 2.45. The molecule has 31 heavy (non-hydrogen) atoms. The third-order valence-corrected chi connectivity index (χ3v) is 6.10. The van der Waals surface area contributed by atoms with Gasteiger partial charge in [-0.2, -0.15) is 4.57 Å². The van der Waals surface area contributed by atoms with Crippen molar-refractivity contribution in [2.24, 2.45) is 7.05 Å². The van der Waals surface area contributed by atoms with E-state index in [1.54, 1.807) is 0 Å². The minimum absolute atomic E-state index is 0.686. The normalized spacial score (nSPS) is 11.7. The van der Waals surface area contributed by atoms with Crippen LogP contribution >= 0.6 is 0 Å². The van der Waals surface area contributed by atoms with Crippen molar-refractivity contribution < 1.29 is 8.98 Å². The minimum Gasteiger partial charge on any atom is -0.441 e. The van der Waals surface area contributed by atoms with Gasteiger partial charge in [-0.05, 0) is 48.2 Å². The second-order valence-corrected chi connectivity index (χ2v) is 8.07. The molecular weight excluding hydrogens is 382 g/mol. The second kappa shape index (κ2) is 6.54. The Balaban J connectivity index is 1.78. The molecule has 0 saturated heterocycles. The molecule has 6 rings (SSSR count). The number of oxazole rings is 1. The molecule has 0 atom stereocenters. The van der Waals surface area contributed by atoms with Crippen LogP contribution < -0.4 is 4.57 Å². The maximum absolute atomic E-state index is 5.89. The van der Waals surface area contributed by atoms with Crippen LogP contribution in [0.2, 0.25) is 0 Å². The SMILES string of the molecule is Cc1nc2cc(C)c(-c3n(-c4cccc5ccccc45)c4ccccc4[n+]3C)cc2o1. The Bertz CT molecular complexity index is 1620. The number of hydrogen-bond acceptors (Lipinski definition) is 2. The van der Waals surface area contributed by atoms with E-state index in [1.807, 2.05) is 6.92 Å². The summed E-state index contributed by atoms with van der Waals surface area (Å²) in [5.41, 5.74) is 7.53. The number of para-hydroxylation sites is 2. The number of nitrogens with zero attached hydrogens (tertiary/aromatic N) is 3. The van der Waals surface area contributed by atoms with Crippen molar-refractivity contribution in [3.63, 3.8) is 0 Å². The van der Waals surface area contributed by atoms with Crippen molar-refractivity contribution in [1.82, 2.24) is 9.55 Å². The molecule has 4 heteroatoms. The zero-order chi connectivity index (χ0) is 21.1. The Morgan fingerprint density at radius 1 is 0.871 bits per heavy atom. The summed E-state index contributed by atoms with van der Waals surface area (Å²) in [4.78, 5) is 4.52. The standard InChI is InChI=1S/C27H22N3O/c1-17-15-22-26(31-18(2)28-22)16-21(17)27-29(3)24-12-6-7-13-25(24)30(27)23-14-8-10-19-9-4-5-11-20(19)23/h4-16H,1-3H3/q+1. The van der Waals surface area contributed by atoms with Crippen LogP contribution in [0.3, 0.4) is 0 Å². The predicted octanol–water partition coefficient (Wildman–Crippen LogP) is 6.03. The van der Waals surface area contributed by atoms with Crippen LogP contribution in [0, 0.1) is 13.8 Å². The van der Waals surface area contributed by atoms with Crippen LogP contribution in [-0.2, 0) is 7.05 Å². The average Bonchev–Trinajstić information content (AvgIpc) is 3.29. The maximum Gasteiger partial charge on any atom is 0.295 e. The first-order chi connectivity index (χ1) is 15.1. The van der Waals surface area contributed by atoms with Crippen LogP contribution in [-0.4, -0.2) is 9.55 Å². The molecule has 2 heterocycles. The lowest BCUT2D eigenvalue weighted by molar-refractivity contribution is -0.633. The summed E-state index contributed by atoms with van der Waals surface area (Å²) in [6.07, 6.45) is 0. The fourth-order valence-electron chi connectivity index (χ4n) is 4.70. The van der Waals surface area contributed by atoms with E-state index in [-0.39, 0.29) is 0 Å². The number of fused-ring (bicyclic) bond motifs is 3. The molecule has 0 spiro atoms. The molecule has 150 valence electrons. The first kappa shape index (κ1) is 17.9. The van der Waals surface area contributed by atoms with Crippen molar-refractivity contribution in [3.05, 3.63) is 90.3 Å². The van der Waals surface area contributed by atoms with E-state index in [0.717, 1.165) is 28.2 Å². The number of hydrogen-bond donors (Lipinski definition) is 0. The molecule has 0 bridgehead atoms. The van der Waals surface area contributed by atoms with Gasteiger partial charge in [0.25, 0.3) is 5.82 Å². The van der Waals surface area contributed by atoms with Crippen molar-refractivity contribution in [2.45, 2.75) is 13.8 Å². The van der Waals surface area contributed by atoms with Gasteiger partial charge in [0.1, 0.15) is 11.2 Å². The molecule has 0 radical (unpaired) electrons. The molecule has 6 aromatic rings. The topological polar surface area (TPSA) is 34.8 Å². The smallest absolute Gasteiger partial charge is 0.295 e. The van der Waals surface area contributed by atoms with E-state index >= 15 is 0 Å². The summed E-state index contributed by atoms with van der Waals surface area (Å²) in [5.74, 6) is 1.80. The number of aryl methyl sites for hydroxylation is 3. The zero-order valence-corrected chi connectivity index (χ0v) is 17.8. The molecule has 0 aliphatic rings. The molecule has 4 aromatic carbocycles. The lowest BCUT2D eigenvalue weighted by atomic mass is 10.1. The van der Waals surface area contributed by atoms with Crippen molar-refractivity contribution in [3.8, 4) is 17.1 Å². The van der Waals surface area contributed by atoms with Crippen LogP contribution in [0.4, 0.5) is 0 Å². The molecule has 0 saturated carbocycles. The molecule has 0 amide bonds. The molecule has 0 fully saturated rings. The minimum atomic E-state index is 0.686. The van der Waals surface area contributed by atoms with Gasteiger partial charge >= 0.3 is 0 Å². The summed E-state index contributed by atoms with van der Waals surface area (Å²) < 4.78 is 10.5. The first-order valence-corrected chi connectivity index (χ1v) is 10.5. The summed E-state index contributed by atoms with van der Waals surface area (Å²) >= 11 is 0. The van der Waals surface area contributed by atoms with Gasteiger partial charge in [0.2, 0.25) is 0 Å². The van der Waals surface area contributed by atoms with Gasteiger partial charge < -0.3 is 4.42 Å². The molecule has 4 nitrogen and oxygen atoms in total. The van der Waals surface area contributed by atoms with E-state index in [4.69, 9.17) is 4.42 Å². The second-order valence-electron chi connectivity index (χ2n) is 8.07. The molecule has 2 aromatic heterocycles. The summed E-state index contributed by atoms with van der Waals surface area (Å²) in [6.45, 7) is 4.03. The average molecular weight is 404 g/mol. The van der Waals surface area contributed by atoms with Gasteiger partial charge in [0, 0.05) is 12.3 Å². The van der Waals surface area contributed by atoms with E-state index in [1.165, 1.54) is 27.4 Å². The first-order valence-electron chi connectivity index (χ1n) is 10.5. The number of aromatic nitrogens is 3. The largest absolute Gasteiger partial charge is 0.441 e. The van der Waals surface area contributed by atoms with Crippen molar-refractivity contribution >= 4 is 32.9 Å². The van der Waals surface area contributed by atoms with Crippen LogP contribution in [0.5, 0.6) is 0 Å². The zero-order valence-electron chi connectivity index (χ0n) is 17.8. The quantitative estimate of drug-likeness (QED) is 0.330. The highest BCUT2D eigenvalue weighted by atomic mass is 16.3. The Morgan fingerprint density at radius 3 is 2.55 bits per heavy atom. The van der Waals surface area contributed by atoms with E-state index in [0.29, 0.717) is 5.89 Å². The van der Waals surface area contributed by atoms with E-state index in [2.05, 4.69) is 107 Å². The third-order valence-electron chi connectivity index (χ3n) is 6.10. The number of imidazole rings is 1. The number of benzene rings is 4. The van der Waals surface area contributed by atoms with Crippen LogP contribution in [0.1, 0.15) is 11.5 Å². The highest BCUT2D eigenvalue weighted by Crippen LogP contribution is 2.34. The van der Waals surface area contributed by atoms with Gasteiger partial charge in [-0.25, -0.2) is 9.55 Å². The third kappa shape index (κ3) is 2.61. The maximum atomic E-state index is 5.89. The van der Waals surface area contributed by atoms with Gasteiger partial charge in [-0.1, -0.05) is 48.5 Å². The van der Waals surface area contributed by atoms with Gasteiger partial charge in [0.05, 0.1) is 12.6 Å². The Morgan fingerprint density at radius 2 is 1.65 bits per heavy atom. The Hall–Kier alpha value is -3.92. The van der Waals surface area contributed by atoms with Crippen LogP contribution in [0.15, 0.2) is 83.3 Å². The predicted molar refractivity (Wildman–Crippen MR) is 124 cm³/mol. The van der Waals surface area contributed by atoms with Crippen LogP contribution in [0.25, 0.3) is 50.0 Å². The van der Waals surface area contributed by atoms with Crippen molar-refractivity contribution in [1.29, 1.82) is 0 Å². The van der Waals surface area contributed by atoms with E-state index < -0.39 is 0 Å². The highest BCUT2D eigenvalue weighted by Gasteiger charge is 2.28. The molecule has 0 aliphatic carbocycles. The molecular formula is C27H22N3O+. The fraction of sp³-hybridized carbons (Fsp3) is 0.111. The number of rotatable bonds is 2. The Labute approximate surface area is 180 Å². The Kier molecular flexibility index (Phi) is 3.78. The molecule has 0 unspecified atom stereocenters. The molecule has 0 aliphatic heterocycles. The lowest BCUT2D eigenvalue weighted by Gasteiger charge is -2.09. The fourth-order valence-corrected chi connectivity index (χ4v) is 4.70. The van der Waals surface area contributed by atoms with Gasteiger partial charge in [-0.15, -0.1) is 0 Å². The van der Waals surface area contributed by atoms with Crippen molar-refractivity contribution in [2.75, 3.05) is 0 Å². The highest BCUT2D eigenvalue weighted by molar-refractivity contribution is 5.93.